The number of hydrogen-bond acceptors (Lipinski definition) is 2. The fourth-order valence-electron chi connectivity index (χ4n) is 1.57. The van der Waals surface area contributed by atoms with E-state index in [0.717, 1.165) is 15.4 Å². The molecule has 4 nitrogen and oxygen atoms in total. The van der Waals surface area contributed by atoms with E-state index < -0.39 is 5.97 Å². The van der Waals surface area contributed by atoms with E-state index in [-0.39, 0.29) is 6.54 Å². The molecule has 78 valence electrons. The highest BCUT2D eigenvalue weighted by Crippen LogP contribution is 2.26. The molecular weight excluding hydrogens is 260 g/mol. The molecule has 0 unspecified atom stereocenters. The van der Waals surface area contributed by atoms with Gasteiger partial charge in [0.1, 0.15) is 6.54 Å². The van der Waals surface area contributed by atoms with E-state index in [1.165, 1.54) is 0 Å². The van der Waals surface area contributed by atoms with Crippen molar-refractivity contribution in [3.05, 3.63) is 28.9 Å². The molecule has 2 aromatic rings. The summed E-state index contributed by atoms with van der Waals surface area (Å²) in [5.41, 5.74) is 7.21. The number of nitrogens with two attached hydrogens (primary N) is 1. The highest BCUT2D eigenvalue weighted by molar-refractivity contribution is 9.10. The van der Waals surface area contributed by atoms with E-state index in [1.54, 1.807) is 10.8 Å². The summed E-state index contributed by atoms with van der Waals surface area (Å²) in [6, 6.07) is 5.59. The summed E-state index contributed by atoms with van der Waals surface area (Å²) in [5, 5.41) is 9.59. The molecule has 0 amide bonds. The fourth-order valence-corrected chi connectivity index (χ4v) is 1.93. The predicted molar refractivity (Wildman–Crippen MR) is 61.7 cm³/mol. The topological polar surface area (TPSA) is 68.2 Å². The lowest BCUT2D eigenvalue weighted by Gasteiger charge is -2.00. The highest BCUT2D eigenvalue weighted by Gasteiger charge is 2.08. The molecule has 0 atom stereocenters. The maximum atomic E-state index is 10.6. The molecule has 0 bridgehead atoms. The van der Waals surface area contributed by atoms with Crippen molar-refractivity contribution in [1.29, 1.82) is 0 Å². The van der Waals surface area contributed by atoms with E-state index in [2.05, 4.69) is 15.9 Å². The molecule has 0 aliphatic carbocycles. The molecule has 5 heteroatoms. The van der Waals surface area contributed by atoms with Crippen LogP contribution in [-0.2, 0) is 11.3 Å². The van der Waals surface area contributed by atoms with E-state index in [0.29, 0.717) is 5.69 Å². The van der Waals surface area contributed by atoms with Crippen LogP contribution in [0.4, 0.5) is 5.69 Å². The van der Waals surface area contributed by atoms with Crippen LogP contribution < -0.4 is 5.73 Å². The SMILES string of the molecule is Nc1cn(CC(=O)O)c2ccc(Br)cc12. The van der Waals surface area contributed by atoms with Crippen molar-refractivity contribution in [2.75, 3.05) is 5.73 Å². The maximum absolute atomic E-state index is 10.6. The second kappa shape index (κ2) is 3.58. The van der Waals surface area contributed by atoms with Crippen molar-refractivity contribution < 1.29 is 9.90 Å². The average molecular weight is 269 g/mol. The third-order valence-corrected chi connectivity index (χ3v) is 2.67. The van der Waals surface area contributed by atoms with Gasteiger partial charge in [0.25, 0.3) is 0 Å². The molecule has 0 aliphatic heterocycles. The number of carbonyl (C=O) groups is 1. The van der Waals surface area contributed by atoms with Gasteiger partial charge < -0.3 is 15.4 Å². The van der Waals surface area contributed by atoms with E-state index in [1.807, 2.05) is 18.2 Å². The first-order valence-electron chi connectivity index (χ1n) is 4.33. The standard InChI is InChI=1S/C10H9BrN2O2/c11-6-1-2-9-7(3-6)8(12)4-13(9)5-10(14)15/h1-4H,5,12H2,(H,14,15). The molecule has 1 aromatic heterocycles. The lowest BCUT2D eigenvalue weighted by molar-refractivity contribution is -0.137. The molecule has 0 saturated carbocycles. The number of nitrogen functional groups attached to an aromatic ring is 1. The van der Waals surface area contributed by atoms with E-state index in [9.17, 15) is 4.79 Å². The van der Waals surface area contributed by atoms with Crippen molar-refractivity contribution in [2.24, 2.45) is 0 Å². The Labute approximate surface area is 94.4 Å². The second-order valence-corrected chi connectivity index (χ2v) is 4.18. The predicted octanol–water partition coefficient (Wildman–Crippen LogP) is 2.07. The van der Waals surface area contributed by atoms with E-state index in [4.69, 9.17) is 10.8 Å². The van der Waals surface area contributed by atoms with Crippen molar-refractivity contribution in [1.82, 2.24) is 4.57 Å². The van der Waals surface area contributed by atoms with Crippen molar-refractivity contribution in [2.45, 2.75) is 6.54 Å². The Balaban J connectivity index is 2.62. The zero-order valence-corrected chi connectivity index (χ0v) is 9.36. The first-order valence-corrected chi connectivity index (χ1v) is 5.13. The molecule has 3 N–H and O–H groups in total. The number of aliphatic carboxylic acids is 1. The van der Waals surface area contributed by atoms with Gasteiger partial charge in [0.05, 0.1) is 11.2 Å². The number of hydrogen-bond donors (Lipinski definition) is 2. The van der Waals surface area contributed by atoms with Crippen LogP contribution >= 0.6 is 15.9 Å². The molecule has 0 fully saturated rings. The number of anilines is 1. The smallest absolute Gasteiger partial charge is 0.323 e. The largest absolute Gasteiger partial charge is 0.480 e. The van der Waals surface area contributed by atoms with Crippen LogP contribution in [0, 0.1) is 0 Å². The zero-order chi connectivity index (χ0) is 11.0. The molecule has 0 radical (unpaired) electrons. The Kier molecular flexibility index (Phi) is 2.40. The molecular formula is C10H9BrN2O2. The lowest BCUT2D eigenvalue weighted by atomic mass is 10.2. The van der Waals surface area contributed by atoms with Crippen LogP contribution in [0.1, 0.15) is 0 Å². The number of carboxylic acid groups (broad SMARTS) is 1. The number of benzene rings is 1. The highest BCUT2D eigenvalue weighted by atomic mass is 79.9. The summed E-state index contributed by atoms with van der Waals surface area (Å²) in [4.78, 5) is 10.6. The number of halogens is 1. The van der Waals surface area contributed by atoms with Gasteiger partial charge in [-0.2, -0.15) is 0 Å². The van der Waals surface area contributed by atoms with Gasteiger partial charge in [0.15, 0.2) is 0 Å². The molecule has 0 spiro atoms. The fraction of sp³-hybridized carbons (Fsp3) is 0.100. The first-order chi connectivity index (χ1) is 7.08. The minimum Gasteiger partial charge on any atom is -0.480 e. The molecule has 15 heavy (non-hydrogen) atoms. The van der Waals surface area contributed by atoms with Crippen LogP contribution in [-0.4, -0.2) is 15.6 Å². The van der Waals surface area contributed by atoms with Gasteiger partial charge in [-0.05, 0) is 18.2 Å². The van der Waals surface area contributed by atoms with Crippen molar-refractivity contribution in [3.63, 3.8) is 0 Å². The van der Waals surface area contributed by atoms with Gasteiger partial charge in [0, 0.05) is 16.1 Å². The van der Waals surface area contributed by atoms with Gasteiger partial charge in [0.2, 0.25) is 0 Å². The minimum atomic E-state index is -0.880. The molecule has 1 heterocycles. The third kappa shape index (κ3) is 1.83. The van der Waals surface area contributed by atoms with E-state index >= 15 is 0 Å². The Hall–Kier alpha value is -1.49. The van der Waals surface area contributed by atoms with Crippen LogP contribution in [0.15, 0.2) is 28.9 Å². The molecule has 0 aliphatic rings. The second-order valence-electron chi connectivity index (χ2n) is 3.27. The maximum Gasteiger partial charge on any atom is 0.323 e. The van der Waals surface area contributed by atoms with Crippen molar-refractivity contribution >= 4 is 38.5 Å². The van der Waals surface area contributed by atoms with Gasteiger partial charge in [-0.3, -0.25) is 4.79 Å². The minimum absolute atomic E-state index is 0.0741. The number of nitrogens with zero attached hydrogens (tertiary/aromatic N) is 1. The van der Waals surface area contributed by atoms with Crippen LogP contribution in [0.5, 0.6) is 0 Å². The van der Waals surface area contributed by atoms with Crippen LogP contribution in [0.3, 0.4) is 0 Å². The lowest BCUT2D eigenvalue weighted by Crippen LogP contribution is -2.07. The number of rotatable bonds is 2. The first kappa shape index (κ1) is 10.0. The number of aromatic nitrogens is 1. The summed E-state index contributed by atoms with van der Waals surface area (Å²) in [5.74, 6) is -0.880. The Morgan fingerprint density at radius 1 is 1.53 bits per heavy atom. The molecule has 2 rings (SSSR count). The van der Waals surface area contributed by atoms with Crippen LogP contribution in [0.25, 0.3) is 10.9 Å². The van der Waals surface area contributed by atoms with Gasteiger partial charge >= 0.3 is 5.97 Å². The van der Waals surface area contributed by atoms with Gasteiger partial charge in [-0.15, -0.1) is 0 Å². The normalized spacial score (nSPS) is 10.7. The molecule has 0 saturated heterocycles. The summed E-state index contributed by atoms with van der Waals surface area (Å²) < 4.78 is 2.55. The summed E-state index contributed by atoms with van der Waals surface area (Å²) in [7, 11) is 0. The van der Waals surface area contributed by atoms with Crippen molar-refractivity contribution in [3.8, 4) is 0 Å². The van der Waals surface area contributed by atoms with Gasteiger partial charge in [-0.1, -0.05) is 15.9 Å². The average Bonchev–Trinajstić information content (AvgIpc) is 2.42. The third-order valence-electron chi connectivity index (χ3n) is 2.18. The Morgan fingerprint density at radius 2 is 2.27 bits per heavy atom. The monoisotopic (exact) mass is 268 g/mol. The molecule has 1 aromatic carbocycles. The quantitative estimate of drug-likeness (QED) is 0.876. The Morgan fingerprint density at radius 3 is 2.93 bits per heavy atom. The Bertz CT molecular complexity index is 533. The van der Waals surface area contributed by atoms with Gasteiger partial charge in [-0.25, -0.2) is 0 Å². The summed E-state index contributed by atoms with van der Waals surface area (Å²) >= 11 is 3.35. The summed E-state index contributed by atoms with van der Waals surface area (Å²) in [6.07, 6.45) is 1.64. The zero-order valence-electron chi connectivity index (χ0n) is 7.77. The number of fused-ring (bicyclic) bond motifs is 1. The summed E-state index contributed by atoms with van der Waals surface area (Å²) in [6.45, 7) is -0.0741. The van der Waals surface area contributed by atoms with Crippen LogP contribution in [0.2, 0.25) is 0 Å². The number of carboxylic acids is 1.